The van der Waals surface area contributed by atoms with Crippen LogP contribution in [0.5, 0.6) is 11.5 Å². The standard InChI is InChI=1S/C12H10O4/c13-10-3-1-9-6-11(16-7-12(14)15)4-2-8(9)5-10/h1-6,13H,7H2,(H,14,15). The number of phenolic OH excluding ortho intramolecular Hbond substituents is 1. The van der Waals surface area contributed by atoms with Crippen molar-refractivity contribution in [3.05, 3.63) is 36.4 Å². The molecular formula is C12H10O4. The fraction of sp³-hybridized carbons (Fsp3) is 0.0833. The zero-order valence-electron chi connectivity index (χ0n) is 8.38. The molecule has 4 nitrogen and oxygen atoms in total. The van der Waals surface area contributed by atoms with Gasteiger partial charge in [-0.15, -0.1) is 0 Å². The summed E-state index contributed by atoms with van der Waals surface area (Å²) in [6, 6.07) is 10.1. The average molecular weight is 218 g/mol. The van der Waals surface area contributed by atoms with Gasteiger partial charge in [-0.2, -0.15) is 0 Å². The Morgan fingerprint density at radius 1 is 1.12 bits per heavy atom. The monoisotopic (exact) mass is 218 g/mol. The molecule has 0 aromatic heterocycles. The van der Waals surface area contributed by atoms with Crippen molar-refractivity contribution in [1.82, 2.24) is 0 Å². The lowest BCUT2D eigenvalue weighted by molar-refractivity contribution is -0.139. The maximum atomic E-state index is 10.3. The Morgan fingerprint density at radius 2 is 1.81 bits per heavy atom. The number of carboxylic acids is 1. The number of rotatable bonds is 3. The molecule has 0 bridgehead atoms. The first-order valence-electron chi connectivity index (χ1n) is 4.72. The zero-order chi connectivity index (χ0) is 11.5. The molecule has 0 atom stereocenters. The quantitative estimate of drug-likeness (QED) is 0.826. The van der Waals surface area contributed by atoms with Gasteiger partial charge in [-0.1, -0.05) is 12.1 Å². The minimum absolute atomic E-state index is 0.201. The molecule has 0 saturated heterocycles. The van der Waals surface area contributed by atoms with E-state index in [0.717, 1.165) is 10.8 Å². The summed E-state index contributed by atoms with van der Waals surface area (Å²) in [5.74, 6) is -0.307. The molecule has 2 rings (SSSR count). The molecule has 4 heteroatoms. The van der Waals surface area contributed by atoms with Crippen molar-refractivity contribution in [2.45, 2.75) is 0 Å². The number of benzene rings is 2. The largest absolute Gasteiger partial charge is 0.508 e. The Morgan fingerprint density at radius 3 is 2.56 bits per heavy atom. The third kappa shape index (κ3) is 2.23. The number of aliphatic carboxylic acids is 1. The number of ether oxygens (including phenoxy) is 1. The van der Waals surface area contributed by atoms with Crippen molar-refractivity contribution in [2.75, 3.05) is 6.61 Å². The summed E-state index contributed by atoms with van der Waals surface area (Å²) in [6.45, 7) is -0.358. The van der Waals surface area contributed by atoms with Crippen LogP contribution >= 0.6 is 0 Å². The van der Waals surface area contributed by atoms with Gasteiger partial charge in [-0.25, -0.2) is 4.79 Å². The van der Waals surface area contributed by atoms with Crippen molar-refractivity contribution in [3.8, 4) is 11.5 Å². The van der Waals surface area contributed by atoms with Gasteiger partial charge < -0.3 is 14.9 Å². The second-order valence-corrected chi connectivity index (χ2v) is 3.38. The van der Waals surface area contributed by atoms with Crippen molar-refractivity contribution < 1.29 is 19.7 Å². The molecule has 0 aliphatic carbocycles. The highest BCUT2D eigenvalue weighted by Gasteiger charge is 2.01. The van der Waals surface area contributed by atoms with E-state index in [-0.39, 0.29) is 12.4 Å². The maximum Gasteiger partial charge on any atom is 0.341 e. The highest BCUT2D eigenvalue weighted by Crippen LogP contribution is 2.24. The van der Waals surface area contributed by atoms with Crippen LogP contribution in [0.2, 0.25) is 0 Å². The topological polar surface area (TPSA) is 66.8 Å². The van der Waals surface area contributed by atoms with E-state index in [1.165, 1.54) is 0 Å². The Labute approximate surface area is 91.7 Å². The predicted molar refractivity (Wildman–Crippen MR) is 58.7 cm³/mol. The normalized spacial score (nSPS) is 10.2. The average Bonchev–Trinajstić information content (AvgIpc) is 2.26. The first kappa shape index (κ1) is 10.3. The van der Waals surface area contributed by atoms with E-state index in [1.807, 2.05) is 0 Å². The molecule has 2 aromatic carbocycles. The lowest BCUT2D eigenvalue weighted by Gasteiger charge is -2.04. The van der Waals surface area contributed by atoms with Crippen molar-refractivity contribution in [1.29, 1.82) is 0 Å². The smallest absolute Gasteiger partial charge is 0.341 e. The number of carbonyl (C=O) groups is 1. The molecule has 0 aliphatic rings. The highest BCUT2D eigenvalue weighted by molar-refractivity contribution is 5.85. The van der Waals surface area contributed by atoms with E-state index in [0.29, 0.717) is 5.75 Å². The summed E-state index contributed by atoms with van der Waals surface area (Å²) >= 11 is 0. The molecular weight excluding hydrogens is 208 g/mol. The Hall–Kier alpha value is -2.23. The molecule has 16 heavy (non-hydrogen) atoms. The minimum atomic E-state index is -1.01. The number of phenols is 1. The summed E-state index contributed by atoms with van der Waals surface area (Å²) in [4.78, 5) is 10.3. The maximum absolute atomic E-state index is 10.3. The van der Waals surface area contributed by atoms with Crippen LogP contribution in [-0.2, 0) is 4.79 Å². The second-order valence-electron chi connectivity index (χ2n) is 3.38. The van der Waals surface area contributed by atoms with Crippen LogP contribution in [0.3, 0.4) is 0 Å². The zero-order valence-corrected chi connectivity index (χ0v) is 8.38. The summed E-state index contributed by atoms with van der Waals surface area (Å²) < 4.78 is 5.04. The van der Waals surface area contributed by atoms with Crippen LogP contribution in [0.4, 0.5) is 0 Å². The molecule has 0 fully saturated rings. The van der Waals surface area contributed by atoms with E-state index in [9.17, 15) is 9.90 Å². The van der Waals surface area contributed by atoms with Crippen molar-refractivity contribution in [2.24, 2.45) is 0 Å². The molecule has 0 heterocycles. The van der Waals surface area contributed by atoms with E-state index in [4.69, 9.17) is 9.84 Å². The second kappa shape index (κ2) is 4.10. The number of fused-ring (bicyclic) bond motifs is 1. The van der Waals surface area contributed by atoms with Gasteiger partial charge in [0.15, 0.2) is 6.61 Å². The van der Waals surface area contributed by atoms with Gasteiger partial charge in [0.2, 0.25) is 0 Å². The highest BCUT2D eigenvalue weighted by atomic mass is 16.5. The van der Waals surface area contributed by atoms with Gasteiger partial charge in [0.05, 0.1) is 0 Å². The van der Waals surface area contributed by atoms with Crippen LogP contribution < -0.4 is 4.74 Å². The number of hydrogen-bond acceptors (Lipinski definition) is 3. The first-order valence-corrected chi connectivity index (χ1v) is 4.72. The third-order valence-electron chi connectivity index (χ3n) is 2.16. The molecule has 0 saturated carbocycles. The predicted octanol–water partition coefficient (Wildman–Crippen LogP) is 2.01. The third-order valence-corrected chi connectivity index (χ3v) is 2.16. The van der Waals surface area contributed by atoms with Gasteiger partial charge >= 0.3 is 5.97 Å². The van der Waals surface area contributed by atoms with Gasteiger partial charge in [0.25, 0.3) is 0 Å². The first-order chi connectivity index (χ1) is 7.65. The number of aromatic hydroxyl groups is 1. The lowest BCUT2D eigenvalue weighted by atomic mass is 10.1. The van der Waals surface area contributed by atoms with E-state index < -0.39 is 5.97 Å². The van der Waals surface area contributed by atoms with Crippen LogP contribution in [-0.4, -0.2) is 22.8 Å². The summed E-state index contributed by atoms with van der Waals surface area (Å²) in [5, 5.41) is 19.5. The van der Waals surface area contributed by atoms with E-state index in [2.05, 4.69) is 0 Å². The molecule has 82 valence electrons. The Kier molecular flexibility index (Phi) is 2.64. The molecule has 0 aliphatic heterocycles. The Bertz CT molecular complexity index is 534. The van der Waals surface area contributed by atoms with Crippen LogP contribution in [0.15, 0.2) is 36.4 Å². The van der Waals surface area contributed by atoms with Crippen LogP contribution in [0.25, 0.3) is 10.8 Å². The van der Waals surface area contributed by atoms with Crippen LogP contribution in [0.1, 0.15) is 0 Å². The van der Waals surface area contributed by atoms with E-state index in [1.54, 1.807) is 36.4 Å². The fourth-order valence-electron chi connectivity index (χ4n) is 1.45. The summed E-state index contributed by atoms with van der Waals surface area (Å²) in [7, 11) is 0. The van der Waals surface area contributed by atoms with Gasteiger partial charge in [0, 0.05) is 0 Å². The van der Waals surface area contributed by atoms with Gasteiger partial charge in [0.1, 0.15) is 11.5 Å². The summed E-state index contributed by atoms with van der Waals surface area (Å²) in [6.07, 6.45) is 0. The van der Waals surface area contributed by atoms with Gasteiger partial charge in [-0.05, 0) is 35.0 Å². The number of hydrogen-bond donors (Lipinski definition) is 2. The van der Waals surface area contributed by atoms with Crippen LogP contribution in [0, 0.1) is 0 Å². The molecule has 2 N–H and O–H groups in total. The lowest BCUT2D eigenvalue weighted by Crippen LogP contribution is -2.09. The van der Waals surface area contributed by atoms with E-state index >= 15 is 0 Å². The van der Waals surface area contributed by atoms with Crippen molar-refractivity contribution >= 4 is 16.7 Å². The SMILES string of the molecule is O=C(O)COc1ccc2cc(O)ccc2c1. The molecule has 0 unspecified atom stereocenters. The van der Waals surface area contributed by atoms with Gasteiger partial charge in [-0.3, -0.25) is 0 Å². The van der Waals surface area contributed by atoms with Crippen molar-refractivity contribution in [3.63, 3.8) is 0 Å². The molecule has 0 amide bonds. The molecule has 0 radical (unpaired) electrons. The number of carboxylic acid groups (broad SMARTS) is 1. The Balaban J connectivity index is 2.30. The fourth-order valence-corrected chi connectivity index (χ4v) is 1.45. The molecule has 2 aromatic rings. The summed E-state index contributed by atoms with van der Waals surface area (Å²) in [5.41, 5.74) is 0. The molecule has 0 spiro atoms. The minimum Gasteiger partial charge on any atom is -0.508 e.